The number of hydrogen-bond donors (Lipinski definition) is 1. The molecule has 2 saturated heterocycles. The van der Waals surface area contributed by atoms with Gasteiger partial charge in [0, 0.05) is 31.8 Å². The van der Waals surface area contributed by atoms with Crippen molar-refractivity contribution in [2.24, 2.45) is 5.92 Å². The Morgan fingerprint density at radius 3 is 2.76 bits per heavy atom. The summed E-state index contributed by atoms with van der Waals surface area (Å²) in [5.74, 6) is 0.599. The van der Waals surface area contributed by atoms with E-state index in [1.807, 2.05) is 25.7 Å². The van der Waals surface area contributed by atoms with Crippen LogP contribution in [0.25, 0.3) is 0 Å². The second-order valence-electron chi connectivity index (χ2n) is 7.34. The maximum atomic E-state index is 12.2. The molecule has 21 heavy (non-hydrogen) atoms. The highest BCUT2D eigenvalue weighted by molar-refractivity contribution is 5.68. The summed E-state index contributed by atoms with van der Waals surface area (Å²) in [5.41, 5.74) is -0.425. The van der Waals surface area contributed by atoms with Crippen molar-refractivity contribution in [3.8, 4) is 0 Å². The smallest absolute Gasteiger partial charge is 0.410 e. The molecule has 3 atom stereocenters. The van der Waals surface area contributed by atoms with E-state index in [1.54, 1.807) is 0 Å². The van der Waals surface area contributed by atoms with E-state index in [4.69, 9.17) is 9.47 Å². The Morgan fingerprint density at radius 1 is 1.38 bits per heavy atom. The zero-order chi connectivity index (χ0) is 15.5. The average molecular weight is 298 g/mol. The number of nitrogens with one attached hydrogen (secondary N) is 1. The quantitative estimate of drug-likeness (QED) is 0.869. The predicted molar refractivity (Wildman–Crippen MR) is 82.4 cm³/mol. The van der Waals surface area contributed by atoms with Crippen LogP contribution in [0.15, 0.2) is 0 Å². The minimum atomic E-state index is -0.425. The number of hydrogen-bond acceptors (Lipinski definition) is 4. The molecule has 0 aliphatic carbocycles. The van der Waals surface area contributed by atoms with Crippen LogP contribution >= 0.6 is 0 Å². The molecule has 122 valence electrons. The molecule has 0 spiro atoms. The minimum absolute atomic E-state index is 0.189. The van der Waals surface area contributed by atoms with Crippen LogP contribution in [-0.4, -0.2) is 55.0 Å². The molecular formula is C16H30N2O3. The van der Waals surface area contributed by atoms with Crippen molar-refractivity contribution < 1.29 is 14.3 Å². The molecule has 0 aromatic heterocycles. The molecule has 2 heterocycles. The first-order valence-electron chi connectivity index (χ1n) is 8.17. The molecule has 2 aliphatic rings. The van der Waals surface area contributed by atoms with Gasteiger partial charge < -0.3 is 19.7 Å². The first-order chi connectivity index (χ1) is 9.85. The molecule has 2 fully saturated rings. The van der Waals surface area contributed by atoms with Gasteiger partial charge in [0.15, 0.2) is 0 Å². The SMILES string of the molecule is CC(NC1CCCN(C(=O)OC(C)(C)C)C1)C1CCOC1. The summed E-state index contributed by atoms with van der Waals surface area (Å²) in [6, 6.07) is 0.804. The van der Waals surface area contributed by atoms with Gasteiger partial charge in [0.2, 0.25) is 0 Å². The summed E-state index contributed by atoms with van der Waals surface area (Å²) in [4.78, 5) is 14.0. The van der Waals surface area contributed by atoms with Crippen LogP contribution in [-0.2, 0) is 9.47 Å². The Hall–Kier alpha value is -0.810. The highest BCUT2D eigenvalue weighted by Crippen LogP contribution is 2.20. The van der Waals surface area contributed by atoms with E-state index >= 15 is 0 Å². The van der Waals surface area contributed by atoms with Crippen LogP contribution in [0.5, 0.6) is 0 Å². The zero-order valence-electron chi connectivity index (χ0n) is 13.9. The molecule has 5 nitrogen and oxygen atoms in total. The van der Waals surface area contributed by atoms with Crippen molar-refractivity contribution in [2.45, 2.75) is 64.6 Å². The molecule has 0 aromatic carbocycles. The molecule has 0 radical (unpaired) electrons. The lowest BCUT2D eigenvalue weighted by Crippen LogP contribution is -2.52. The maximum Gasteiger partial charge on any atom is 0.410 e. The van der Waals surface area contributed by atoms with Crippen LogP contribution in [0.1, 0.15) is 47.0 Å². The summed E-state index contributed by atoms with van der Waals surface area (Å²) >= 11 is 0. The number of nitrogens with zero attached hydrogens (tertiary/aromatic N) is 1. The van der Waals surface area contributed by atoms with Crippen LogP contribution in [0.3, 0.4) is 0 Å². The fraction of sp³-hybridized carbons (Fsp3) is 0.938. The van der Waals surface area contributed by atoms with E-state index in [0.29, 0.717) is 18.0 Å². The Bertz CT molecular complexity index is 348. The number of amides is 1. The van der Waals surface area contributed by atoms with Gasteiger partial charge in [-0.2, -0.15) is 0 Å². The van der Waals surface area contributed by atoms with E-state index in [2.05, 4.69) is 12.2 Å². The summed E-state index contributed by atoms with van der Waals surface area (Å²) in [5, 5.41) is 3.68. The fourth-order valence-electron chi connectivity index (χ4n) is 3.06. The molecule has 3 unspecified atom stereocenters. The molecular weight excluding hydrogens is 268 g/mol. The third-order valence-electron chi connectivity index (χ3n) is 4.24. The van der Waals surface area contributed by atoms with Crippen LogP contribution < -0.4 is 5.32 Å². The number of carbonyl (C=O) groups is 1. The third kappa shape index (κ3) is 5.15. The number of rotatable bonds is 3. The lowest BCUT2D eigenvalue weighted by molar-refractivity contribution is 0.0180. The molecule has 1 amide bonds. The number of piperidine rings is 1. The van der Waals surface area contributed by atoms with Gasteiger partial charge in [0.25, 0.3) is 0 Å². The molecule has 0 saturated carbocycles. The van der Waals surface area contributed by atoms with Crippen molar-refractivity contribution in [2.75, 3.05) is 26.3 Å². The number of carbonyl (C=O) groups excluding carboxylic acids is 1. The topological polar surface area (TPSA) is 50.8 Å². The third-order valence-corrected chi connectivity index (χ3v) is 4.24. The number of ether oxygens (including phenoxy) is 2. The molecule has 5 heteroatoms. The second kappa shape index (κ2) is 6.97. The van der Waals surface area contributed by atoms with Gasteiger partial charge in [-0.25, -0.2) is 4.79 Å². The van der Waals surface area contributed by atoms with Crippen molar-refractivity contribution >= 4 is 6.09 Å². The van der Waals surface area contributed by atoms with Gasteiger partial charge in [0.1, 0.15) is 5.60 Å². The summed E-state index contributed by atoms with van der Waals surface area (Å²) in [6.45, 7) is 11.2. The molecule has 2 aliphatic heterocycles. The van der Waals surface area contributed by atoms with Crippen LogP contribution in [0.2, 0.25) is 0 Å². The van der Waals surface area contributed by atoms with E-state index in [0.717, 1.165) is 45.6 Å². The van der Waals surface area contributed by atoms with Gasteiger partial charge in [0.05, 0.1) is 6.61 Å². The molecule has 1 N–H and O–H groups in total. The summed E-state index contributed by atoms with van der Waals surface area (Å²) in [6.07, 6.45) is 3.10. The summed E-state index contributed by atoms with van der Waals surface area (Å²) < 4.78 is 10.9. The lowest BCUT2D eigenvalue weighted by atomic mass is 9.98. The van der Waals surface area contributed by atoms with Crippen LogP contribution in [0, 0.1) is 5.92 Å². The lowest BCUT2D eigenvalue weighted by Gasteiger charge is -2.36. The maximum absolute atomic E-state index is 12.2. The van der Waals surface area contributed by atoms with Gasteiger partial charge in [-0.05, 0) is 52.9 Å². The average Bonchev–Trinajstić information content (AvgIpc) is 2.91. The first-order valence-corrected chi connectivity index (χ1v) is 8.17. The highest BCUT2D eigenvalue weighted by atomic mass is 16.6. The van der Waals surface area contributed by atoms with Gasteiger partial charge in [-0.3, -0.25) is 0 Å². The Labute approximate surface area is 128 Å². The molecule has 0 aromatic rings. The standard InChI is InChI=1S/C16H30N2O3/c1-12(13-7-9-20-11-13)17-14-6-5-8-18(10-14)15(19)21-16(2,3)4/h12-14,17H,5-11H2,1-4H3. The van der Waals surface area contributed by atoms with E-state index < -0.39 is 5.60 Å². The first kappa shape index (κ1) is 16.6. The van der Waals surface area contributed by atoms with Crippen molar-refractivity contribution in [1.82, 2.24) is 10.2 Å². The van der Waals surface area contributed by atoms with Crippen molar-refractivity contribution in [3.05, 3.63) is 0 Å². The molecule has 0 bridgehead atoms. The van der Waals surface area contributed by atoms with Gasteiger partial charge in [-0.15, -0.1) is 0 Å². The van der Waals surface area contributed by atoms with E-state index in [1.165, 1.54) is 0 Å². The summed E-state index contributed by atoms with van der Waals surface area (Å²) in [7, 11) is 0. The van der Waals surface area contributed by atoms with E-state index in [-0.39, 0.29) is 6.09 Å². The van der Waals surface area contributed by atoms with Crippen LogP contribution in [0.4, 0.5) is 4.79 Å². The highest BCUT2D eigenvalue weighted by Gasteiger charge is 2.30. The Kier molecular flexibility index (Phi) is 5.49. The van der Waals surface area contributed by atoms with E-state index in [9.17, 15) is 4.79 Å². The minimum Gasteiger partial charge on any atom is -0.444 e. The zero-order valence-corrected chi connectivity index (χ0v) is 13.9. The Morgan fingerprint density at radius 2 is 2.14 bits per heavy atom. The normalized spacial score (nSPS) is 28.5. The monoisotopic (exact) mass is 298 g/mol. The fourth-order valence-corrected chi connectivity index (χ4v) is 3.06. The second-order valence-corrected chi connectivity index (χ2v) is 7.34. The Balaban J connectivity index is 1.81. The van der Waals surface area contributed by atoms with Crippen molar-refractivity contribution in [3.63, 3.8) is 0 Å². The predicted octanol–water partition coefficient (Wildman–Crippen LogP) is 2.40. The molecule has 2 rings (SSSR count). The number of likely N-dealkylation sites (tertiary alicyclic amines) is 1. The van der Waals surface area contributed by atoms with Gasteiger partial charge >= 0.3 is 6.09 Å². The van der Waals surface area contributed by atoms with Crippen molar-refractivity contribution in [1.29, 1.82) is 0 Å². The largest absolute Gasteiger partial charge is 0.444 e. The van der Waals surface area contributed by atoms with Gasteiger partial charge in [-0.1, -0.05) is 0 Å².